The number of benzene rings is 8. The molecule has 0 atom stereocenters. The summed E-state index contributed by atoms with van der Waals surface area (Å²) in [5, 5.41) is 6.43. The summed E-state index contributed by atoms with van der Waals surface area (Å²) in [7, 11) is 0. The average molecular weight is 929 g/mol. The first-order valence-corrected chi connectivity index (χ1v) is 24.7. The second-order valence-corrected chi connectivity index (χ2v) is 19.0. The second kappa shape index (κ2) is 16.1. The molecular weight excluding hydrogens is 889 g/mol. The Morgan fingerprint density at radius 2 is 0.644 bits per heavy atom. The standard InChI is InChI=1S/C67H40N6/c1-3-17-57-41(9-1)25-31-59(70-57)49-23-29-53-54-30-24-50(60-32-26-42-10-2-4-18-58(42)71-60)40-56(54)67(55(53)39-49,51-15-5-11-47(37-51)61-33-27-45-21-19-43-13-7-35-68-63(43)65(45)72-61)52-16-6-12-48(38-52)62-34-28-46-22-20-44-14-8-36-69-64(44)66(46)73-62/h1-40H. The van der Waals surface area contributed by atoms with Crippen LogP contribution in [-0.4, -0.2) is 29.9 Å². The van der Waals surface area contributed by atoms with Crippen LogP contribution in [-0.2, 0) is 5.41 Å². The van der Waals surface area contributed by atoms with Crippen LogP contribution in [0.1, 0.15) is 22.3 Å². The highest BCUT2D eigenvalue weighted by Gasteiger charge is 2.47. The number of hydrogen-bond acceptors (Lipinski definition) is 6. The number of nitrogens with zero attached hydrogens (tertiary/aromatic N) is 6. The summed E-state index contributed by atoms with van der Waals surface area (Å²) in [6.45, 7) is 0. The first-order chi connectivity index (χ1) is 36.1. The first-order valence-electron chi connectivity index (χ1n) is 24.7. The van der Waals surface area contributed by atoms with Crippen molar-refractivity contribution >= 4 is 65.4 Å². The molecule has 0 amide bonds. The van der Waals surface area contributed by atoms with Gasteiger partial charge >= 0.3 is 0 Å². The number of pyridine rings is 6. The van der Waals surface area contributed by atoms with Crippen LogP contribution in [0.25, 0.3) is 122 Å². The molecule has 0 saturated carbocycles. The molecule has 73 heavy (non-hydrogen) atoms. The molecule has 0 aliphatic heterocycles. The number of rotatable bonds is 6. The number of aromatic nitrogens is 6. The van der Waals surface area contributed by atoms with Crippen molar-refractivity contribution in [1.29, 1.82) is 0 Å². The van der Waals surface area contributed by atoms with Crippen molar-refractivity contribution in [2.24, 2.45) is 0 Å². The molecule has 6 nitrogen and oxygen atoms in total. The fourth-order valence-electron chi connectivity index (χ4n) is 11.5. The van der Waals surface area contributed by atoms with E-state index in [0.717, 1.165) is 144 Å². The lowest BCUT2D eigenvalue weighted by Crippen LogP contribution is -2.29. The zero-order chi connectivity index (χ0) is 48.0. The first kappa shape index (κ1) is 41.0. The van der Waals surface area contributed by atoms with E-state index < -0.39 is 5.41 Å². The summed E-state index contributed by atoms with van der Waals surface area (Å²) in [4.78, 5) is 30.9. The molecule has 0 fully saturated rings. The van der Waals surface area contributed by atoms with Crippen LogP contribution in [0.15, 0.2) is 243 Å². The molecule has 1 aliphatic carbocycles. The smallest absolute Gasteiger partial charge is 0.0972 e. The van der Waals surface area contributed by atoms with Crippen molar-refractivity contribution in [1.82, 2.24) is 29.9 Å². The molecule has 8 aromatic carbocycles. The molecule has 0 spiro atoms. The normalized spacial score (nSPS) is 12.8. The predicted octanol–water partition coefficient (Wildman–Crippen LogP) is 16.0. The summed E-state index contributed by atoms with van der Waals surface area (Å²) in [5.41, 5.74) is 19.1. The lowest BCUT2D eigenvalue weighted by Gasteiger charge is -2.35. The van der Waals surface area contributed by atoms with E-state index >= 15 is 0 Å². The van der Waals surface area contributed by atoms with Gasteiger partial charge in [-0.3, -0.25) is 9.97 Å². The Kier molecular flexibility index (Phi) is 9.07. The van der Waals surface area contributed by atoms with Gasteiger partial charge in [0.2, 0.25) is 0 Å². The molecule has 0 unspecified atom stereocenters. The van der Waals surface area contributed by atoms with Gasteiger partial charge in [0.1, 0.15) is 0 Å². The minimum atomic E-state index is -0.855. The highest BCUT2D eigenvalue weighted by atomic mass is 14.8. The third-order valence-electron chi connectivity index (χ3n) is 15.0. The Hall–Kier alpha value is -9.78. The summed E-state index contributed by atoms with van der Waals surface area (Å²) in [6, 6.07) is 82.4. The van der Waals surface area contributed by atoms with Crippen molar-refractivity contribution < 1.29 is 0 Å². The zero-order valence-electron chi connectivity index (χ0n) is 39.3. The number of fused-ring (bicyclic) bond motifs is 11. The van der Waals surface area contributed by atoms with Gasteiger partial charge in [0.25, 0.3) is 0 Å². The number of para-hydroxylation sites is 2. The Morgan fingerprint density at radius 3 is 1.12 bits per heavy atom. The van der Waals surface area contributed by atoms with E-state index in [9.17, 15) is 0 Å². The van der Waals surface area contributed by atoms with Crippen molar-refractivity contribution in [3.63, 3.8) is 0 Å². The SMILES string of the molecule is c1cc(-c2ccc3ccc4cccnc4c3n2)cc(C2(c3cccc(-c4ccc5ccc6cccnc6c5n4)c3)c3cc(-c4ccc5ccccc5n4)ccc3-c3ccc(-c4ccc5ccccc5n4)cc32)c1. The van der Waals surface area contributed by atoms with Gasteiger partial charge in [0, 0.05) is 67.0 Å². The minimum Gasteiger partial charge on any atom is -0.254 e. The monoisotopic (exact) mass is 928 g/mol. The van der Waals surface area contributed by atoms with Gasteiger partial charge in [-0.2, -0.15) is 0 Å². The molecule has 0 bridgehead atoms. The number of hydrogen-bond donors (Lipinski definition) is 0. The van der Waals surface area contributed by atoms with Crippen LogP contribution in [0.2, 0.25) is 0 Å². The zero-order valence-corrected chi connectivity index (χ0v) is 39.3. The molecule has 15 rings (SSSR count). The van der Waals surface area contributed by atoms with E-state index in [1.165, 1.54) is 0 Å². The summed E-state index contributed by atoms with van der Waals surface area (Å²) < 4.78 is 0. The maximum absolute atomic E-state index is 5.39. The average Bonchev–Trinajstić information content (AvgIpc) is 3.82. The lowest BCUT2D eigenvalue weighted by molar-refractivity contribution is 0.769. The van der Waals surface area contributed by atoms with Crippen LogP contribution in [0, 0.1) is 0 Å². The second-order valence-electron chi connectivity index (χ2n) is 19.0. The molecule has 14 aromatic rings. The van der Waals surface area contributed by atoms with Crippen molar-refractivity contribution in [2.45, 2.75) is 5.41 Å². The van der Waals surface area contributed by atoms with Gasteiger partial charge in [-0.1, -0.05) is 158 Å². The lowest BCUT2D eigenvalue weighted by atomic mass is 9.66. The molecule has 1 aliphatic rings. The van der Waals surface area contributed by atoms with Crippen LogP contribution in [0.5, 0.6) is 0 Å². The van der Waals surface area contributed by atoms with E-state index in [2.05, 4.69) is 218 Å². The third kappa shape index (κ3) is 6.51. The van der Waals surface area contributed by atoms with Crippen molar-refractivity contribution in [2.75, 3.05) is 0 Å². The Labute approximate surface area is 420 Å². The highest BCUT2D eigenvalue weighted by Crippen LogP contribution is 2.58. The van der Waals surface area contributed by atoms with Gasteiger partial charge < -0.3 is 0 Å². The van der Waals surface area contributed by atoms with Gasteiger partial charge in [-0.05, 0) is 106 Å². The fourth-order valence-corrected chi connectivity index (χ4v) is 11.5. The van der Waals surface area contributed by atoms with Crippen LogP contribution >= 0.6 is 0 Å². The van der Waals surface area contributed by atoms with Gasteiger partial charge in [-0.15, -0.1) is 0 Å². The third-order valence-corrected chi connectivity index (χ3v) is 15.0. The van der Waals surface area contributed by atoms with Gasteiger partial charge in [0.15, 0.2) is 0 Å². The molecular formula is C67H40N6. The van der Waals surface area contributed by atoms with E-state index in [1.807, 2.05) is 24.5 Å². The molecule has 0 radical (unpaired) electrons. The fraction of sp³-hybridized carbons (Fsp3) is 0.0149. The molecule has 6 aromatic heterocycles. The molecule has 6 heteroatoms. The Morgan fingerprint density at radius 1 is 0.260 bits per heavy atom. The van der Waals surface area contributed by atoms with Crippen LogP contribution in [0.4, 0.5) is 0 Å². The molecule has 0 N–H and O–H groups in total. The van der Waals surface area contributed by atoms with Crippen molar-refractivity contribution in [3.05, 3.63) is 265 Å². The molecule has 0 saturated heterocycles. The topological polar surface area (TPSA) is 77.3 Å². The van der Waals surface area contributed by atoms with Crippen LogP contribution < -0.4 is 0 Å². The Bertz CT molecular complexity index is 4310. The van der Waals surface area contributed by atoms with Crippen molar-refractivity contribution in [3.8, 4) is 56.2 Å². The predicted molar refractivity (Wildman–Crippen MR) is 297 cm³/mol. The van der Waals surface area contributed by atoms with E-state index in [1.54, 1.807) is 0 Å². The van der Waals surface area contributed by atoms with Gasteiger partial charge in [0.05, 0.1) is 61.3 Å². The summed E-state index contributed by atoms with van der Waals surface area (Å²) >= 11 is 0. The Balaban J connectivity index is 1.01. The largest absolute Gasteiger partial charge is 0.254 e. The molecule has 338 valence electrons. The van der Waals surface area contributed by atoms with E-state index in [4.69, 9.17) is 29.9 Å². The van der Waals surface area contributed by atoms with E-state index in [0.29, 0.717) is 0 Å². The maximum atomic E-state index is 5.39. The van der Waals surface area contributed by atoms with Crippen LogP contribution in [0.3, 0.4) is 0 Å². The minimum absolute atomic E-state index is 0.855. The summed E-state index contributed by atoms with van der Waals surface area (Å²) in [6.07, 6.45) is 3.69. The highest BCUT2D eigenvalue weighted by molar-refractivity contribution is 6.04. The van der Waals surface area contributed by atoms with E-state index in [-0.39, 0.29) is 0 Å². The molecule has 6 heterocycles. The maximum Gasteiger partial charge on any atom is 0.0972 e. The quantitative estimate of drug-likeness (QED) is 0.155. The summed E-state index contributed by atoms with van der Waals surface area (Å²) in [5.74, 6) is 0. The van der Waals surface area contributed by atoms with Gasteiger partial charge in [-0.25, -0.2) is 19.9 Å².